The summed E-state index contributed by atoms with van der Waals surface area (Å²) in [6.45, 7) is 1.98. The fourth-order valence-electron chi connectivity index (χ4n) is 1.51. The lowest BCUT2D eigenvalue weighted by atomic mass is 10.1. The van der Waals surface area contributed by atoms with Gasteiger partial charge in [-0.05, 0) is 18.6 Å². The van der Waals surface area contributed by atoms with E-state index in [1.807, 2.05) is 31.2 Å². The second kappa shape index (κ2) is 4.10. The van der Waals surface area contributed by atoms with Gasteiger partial charge >= 0.3 is 0 Å². The SMILES string of the molecule is Cc1ccccc1-c1ccc([N+](=O)[O-])cn1. The lowest BCUT2D eigenvalue weighted by Crippen LogP contribution is -1.91. The van der Waals surface area contributed by atoms with Gasteiger partial charge in [-0.15, -0.1) is 0 Å². The van der Waals surface area contributed by atoms with Crippen LogP contribution in [0, 0.1) is 17.0 Å². The molecule has 2 rings (SSSR count). The molecule has 4 nitrogen and oxygen atoms in total. The molecule has 80 valence electrons. The quantitative estimate of drug-likeness (QED) is 0.570. The highest BCUT2D eigenvalue weighted by Gasteiger charge is 2.07. The smallest absolute Gasteiger partial charge is 0.258 e. The Hall–Kier alpha value is -2.23. The van der Waals surface area contributed by atoms with Gasteiger partial charge in [-0.25, -0.2) is 4.98 Å². The molecular weight excluding hydrogens is 204 g/mol. The Morgan fingerprint density at radius 1 is 1.19 bits per heavy atom. The lowest BCUT2D eigenvalue weighted by molar-refractivity contribution is -0.385. The maximum absolute atomic E-state index is 10.5. The van der Waals surface area contributed by atoms with E-state index in [1.54, 1.807) is 6.07 Å². The molecule has 0 N–H and O–H groups in total. The van der Waals surface area contributed by atoms with Crippen molar-refractivity contribution in [1.29, 1.82) is 0 Å². The Balaban J connectivity index is 2.43. The molecule has 0 fully saturated rings. The maximum atomic E-state index is 10.5. The van der Waals surface area contributed by atoms with Crippen LogP contribution in [0.4, 0.5) is 5.69 Å². The van der Waals surface area contributed by atoms with Gasteiger partial charge < -0.3 is 0 Å². The van der Waals surface area contributed by atoms with Crippen molar-refractivity contribution in [3.8, 4) is 11.3 Å². The lowest BCUT2D eigenvalue weighted by Gasteiger charge is -2.03. The van der Waals surface area contributed by atoms with Gasteiger partial charge in [-0.2, -0.15) is 0 Å². The first-order valence-electron chi connectivity index (χ1n) is 4.85. The van der Waals surface area contributed by atoms with E-state index >= 15 is 0 Å². The molecule has 1 aromatic heterocycles. The van der Waals surface area contributed by atoms with E-state index < -0.39 is 4.92 Å². The van der Waals surface area contributed by atoms with Gasteiger partial charge in [0, 0.05) is 11.6 Å². The van der Waals surface area contributed by atoms with Gasteiger partial charge in [0.05, 0.1) is 10.6 Å². The summed E-state index contributed by atoms with van der Waals surface area (Å²) in [5.74, 6) is 0. The normalized spacial score (nSPS) is 10.1. The molecule has 0 saturated heterocycles. The minimum Gasteiger partial charge on any atom is -0.258 e. The Labute approximate surface area is 92.7 Å². The number of hydrogen-bond donors (Lipinski definition) is 0. The van der Waals surface area contributed by atoms with E-state index in [0.717, 1.165) is 16.8 Å². The van der Waals surface area contributed by atoms with Crippen molar-refractivity contribution in [2.75, 3.05) is 0 Å². The van der Waals surface area contributed by atoms with E-state index in [0.29, 0.717) is 0 Å². The van der Waals surface area contributed by atoms with Crippen LogP contribution < -0.4 is 0 Å². The summed E-state index contributed by atoms with van der Waals surface area (Å²) in [5.41, 5.74) is 2.86. The molecule has 1 heterocycles. The number of benzene rings is 1. The number of nitrogens with zero attached hydrogens (tertiary/aromatic N) is 2. The highest BCUT2D eigenvalue weighted by atomic mass is 16.6. The predicted octanol–water partition coefficient (Wildman–Crippen LogP) is 2.97. The first-order chi connectivity index (χ1) is 7.68. The van der Waals surface area contributed by atoms with Crippen LogP contribution >= 0.6 is 0 Å². The standard InChI is InChI=1S/C12H10N2O2/c1-9-4-2-3-5-11(9)12-7-6-10(8-13-12)14(15)16/h2-8H,1H3. The van der Waals surface area contributed by atoms with Crippen molar-refractivity contribution >= 4 is 5.69 Å². The van der Waals surface area contributed by atoms with E-state index in [9.17, 15) is 10.1 Å². The van der Waals surface area contributed by atoms with E-state index in [-0.39, 0.29) is 5.69 Å². The van der Waals surface area contributed by atoms with E-state index in [4.69, 9.17) is 0 Å². The molecule has 4 heteroatoms. The van der Waals surface area contributed by atoms with Crippen molar-refractivity contribution in [3.63, 3.8) is 0 Å². The highest BCUT2D eigenvalue weighted by Crippen LogP contribution is 2.22. The van der Waals surface area contributed by atoms with Gasteiger partial charge in [0.2, 0.25) is 0 Å². The fourth-order valence-corrected chi connectivity index (χ4v) is 1.51. The summed E-state index contributed by atoms with van der Waals surface area (Å²) in [5, 5.41) is 10.5. The Kier molecular flexibility index (Phi) is 2.64. The largest absolute Gasteiger partial charge is 0.287 e. The second-order valence-electron chi connectivity index (χ2n) is 3.47. The zero-order valence-corrected chi connectivity index (χ0v) is 8.75. The molecule has 0 saturated carbocycles. The van der Waals surface area contributed by atoms with Crippen LogP contribution in [0.15, 0.2) is 42.6 Å². The van der Waals surface area contributed by atoms with Crippen molar-refractivity contribution < 1.29 is 4.92 Å². The van der Waals surface area contributed by atoms with Crippen LogP contribution in [-0.4, -0.2) is 9.91 Å². The van der Waals surface area contributed by atoms with Gasteiger partial charge in [-0.3, -0.25) is 10.1 Å². The first-order valence-corrected chi connectivity index (χ1v) is 4.85. The number of rotatable bonds is 2. The van der Waals surface area contributed by atoms with Gasteiger partial charge in [0.25, 0.3) is 5.69 Å². The molecule has 0 spiro atoms. The molecule has 0 aliphatic carbocycles. The minimum absolute atomic E-state index is 0.0114. The van der Waals surface area contributed by atoms with Crippen LogP contribution in [0.5, 0.6) is 0 Å². The van der Waals surface area contributed by atoms with Gasteiger partial charge in [0.1, 0.15) is 6.20 Å². The third-order valence-electron chi connectivity index (χ3n) is 2.38. The fraction of sp³-hybridized carbons (Fsp3) is 0.0833. The summed E-state index contributed by atoms with van der Waals surface area (Å²) in [4.78, 5) is 14.1. The maximum Gasteiger partial charge on any atom is 0.287 e. The summed E-state index contributed by atoms with van der Waals surface area (Å²) in [7, 11) is 0. The number of nitro groups is 1. The van der Waals surface area contributed by atoms with Crippen LogP contribution in [0.1, 0.15) is 5.56 Å². The summed E-state index contributed by atoms with van der Waals surface area (Å²) >= 11 is 0. The van der Waals surface area contributed by atoms with E-state index in [2.05, 4.69) is 4.98 Å². The summed E-state index contributed by atoms with van der Waals surface area (Å²) < 4.78 is 0. The molecule has 16 heavy (non-hydrogen) atoms. The number of aromatic nitrogens is 1. The van der Waals surface area contributed by atoms with Crippen molar-refractivity contribution in [1.82, 2.24) is 4.98 Å². The topological polar surface area (TPSA) is 56.0 Å². The predicted molar refractivity (Wildman–Crippen MR) is 61.1 cm³/mol. The molecule has 0 unspecified atom stereocenters. The number of hydrogen-bond acceptors (Lipinski definition) is 3. The monoisotopic (exact) mass is 214 g/mol. The molecule has 0 amide bonds. The van der Waals surface area contributed by atoms with Crippen LogP contribution in [0.25, 0.3) is 11.3 Å². The molecular formula is C12H10N2O2. The average Bonchev–Trinajstić information content (AvgIpc) is 2.30. The summed E-state index contributed by atoms with van der Waals surface area (Å²) in [6.07, 6.45) is 1.28. The van der Waals surface area contributed by atoms with Gasteiger partial charge in [0.15, 0.2) is 0 Å². The van der Waals surface area contributed by atoms with Crippen molar-refractivity contribution in [2.45, 2.75) is 6.92 Å². The van der Waals surface area contributed by atoms with Crippen molar-refractivity contribution in [2.24, 2.45) is 0 Å². The Bertz CT molecular complexity index is 521. The molecule has 2 aromatic rings. The summed E-state index contributed by atoms with van der Waals surface area (Å²) in [6, 6.07) is 10.9. The van der Waals surface area contributed by atoms with E-state index in [1.165, 1.54) is 12.3 Å². The Morgan fingerprint density at radius 3 is 2.50 bits per heavy atom. The molecule has 0 bridgehead atoms. The number of pyridine rings is 1. The first kappa shape index (κ1) is 10.3. The highest BCUT2D eigenvalue weighted by molar-refractivity contribution is 5.63. The zero-order valence-electron chi connectivity index (χ0n) is 8.75. The molecule has 0 radical (unpaired) electrons. The second-order valence-corrected chi connectivity index (χ2v) is 3.47. The van der Waals surface area contributed by atoms with Crippen LogP contribution in [-0.2, 0) is 0 Å². The molecule has 0 atom stereocenters. The minimum atomic E-state index is -0.450. The van der Waals surface area contributed by atoms with Crippen molar-refractivity contribution in [3.05, 3.63) is 58.3 Å². The zero-order chi connectivity index (χ0) is 11.5. The number of aryl methyl sites for hydroxylation is 1. The molecule has 0 aliphatic heterocycles. The van der Waals surface area contributed by atoms with Crippen LogP contribution in [0.2, 0.25) is 0 Å². The molecule has 1 aromatic carbocycles. The average molecular weight is 214 g/mol. The third kappa shape index (κ3) is 1.91. The molecule has 0 aliphatic rings. The van der Waals surface area contributed by atoms with Crippen LogP contribution in [0.3, 0.4) is 0 Å². The van der Waals surface area contributed by atoms with Gasteiger partial charge in [-0.1, -0.05) is 24.3 Å². The Morgan fingerprint density at radius 2 is 1.94 bits per heavy atom. The third-order valence-corrected chi connectivity index (χ3v) is 2.38.